The van der Waals surface area contributed by atoms with Gasteiger partial charge in [0.25, 0.3) is 5.91 Å². The van der Waals surface area contributed by atoms with E-state index in [-0.39, 0.29) is 12.0 Å². The highest BCUT2D eigenvalue weighted by Crippen LogP contribution is 2.22. The van der Waals surface area contributed by atoms with Gasteiger partial charge in [0.05, 0.1) is 29.0 Å². The van der Waals surface area contributed by atoms with Gasteiger partial charge in [-0.05, 0) is 19.2 Å². The summed E-state index contributed by atoms with van der Waals surface area (Å²) >= 11 is 5.89. The highest BCUT2D eigenvalue weighted by Gasteiger charge is 2.19. The monoisotopic (exact) mass is 283 g/mol. The standard InChI is InChI=1S/C13H18ClN3O2/c1-17-5-6-19-9(8-17)7-16-13(18)10-3-2-4-11(14)12(10)15/h2-4,9H,5-8,15H2,1H3,(H,16,18). The Balaban J connectivity index is 1.92. The van der Waals surface area contributed by atoms with Crippen LogP contribution in [0, 0.1) is 0 Å². The molecule has 1 aliphatic rings. The van der Waals surface area contributed by atoms with E-state index < -0.39 is 0 Å². The van der Waals surface area contributed by atoms with Crippen LogP contribution in [-0.2, 0) is 4.74 Å². The van der Waals surface area contributed by atoms with Gasteiger partial charge in [-0.25, -0.2) is 0 Å². The second-order valence-electron chi connectivity index (χ2n) is 4.67. The van der Waals surface area contributed by atoms with Gasteiger partial charge in [0.1, 0.15) is 0 Å². The summed E-state index contributed by atoms with van der Waals surface area (Å²) in [5, 5.41) is 3.22. The highest BCUT2D eigenvalue weighted by atomic mass is 35.5. The normalized spacial score (nSPS) is 20.2. The van der Waals surface area contributed by atoms with E-state index >= 15 is 0 Å². The van der Waals surface area contributed by atoms with Crippen molar-refractivity contribution in [2.24, 2.45) is 0 Å². The Labute approximate surface area is 117 Å². The van der Waals surface area contributed by atoms with Gasteiger partial charge in [0.2, 0.25) is 0 Å². The molecule has 5 nitrogen and oxygen atoms in total. The van der Waals surface area contributed by atoms with E-state index in [0.29, 0.717) is 29.4 Å². The van der Waals surface area contributed by atoms with Crippen LogP contribution in [0.1, 0.15) is 10.4 Å². The van der Waals surface area contributed by atoms with E-state index in [2.05, 4.69) is 10.2 Å². The molecule has 1 fully saturated rings. The first-order valence-corrected chi connectivity index (χ1v) is 6.58. The van der Waals surface area contributed by atoms with Crippen molar-refractivity contribution in [3.05, 3.63) is 28.8 Å². The van der Waals surface area contributed by atoms with Crippen LogP contribution in [-0.4, -0.2) is 50.2 Å². The summed E-state index contributed by atoms with van der Waals surface area (Å²) in [5.41, 5.74) is 6.49. The summed E-state index contributed by atoms with van der Waals surface area (Å²) in [6.45, 7) is 2.89. The largest absolute Gasteiger partial charge is 0.397 e. The van der Waals surface area contributed by atoms with Crippen LogP contribution in [0.2, 0.25) is 5.02 Å². The number of morpholine rings is 1. The number of benzene rings is 1. The lowest BCUT2D eigenvalue weighted by Gasteiger charge is -2.30. The second-order valence-corrected chi connectivity index (χ2v) is 5.07. The maximum Gasteiger partial charge on any atom is 0.253 e. The number of hydrogen-bond acceptors (Lipinski definition) is 4. The van der Waals surface area contributed by atoms with Crippen molar-refractivity contribution < 1.29 is 9.53 Å². The first-order valence-electron chi connectivity index (χ1n) is 6.20. The maximum absolute atomic E-state index is 12.0. The lowest BCUT2D eigenvalue weighted by Crippen LogP contribution is -2.46. The predicted octanol–water partition coefficient (Wildman–Crippen LogP) is 0.983. The summed E-state index contributed by atoms with van der Waals surface area (Å²) in [7, 11) is 2.03. The van der Waals surface area contributed by atoms with Gasteiger partial charge in [-0.15, -0.1) is 0 Å². The van der Waals surface area contributed by atoms with Crippen LogP contribution in [0.5, 0.6) is 0 Å². The second kappa shape index (κ2) is 6.23. The number of carbonyl (C=O) groups is 1. The number of halogens is 1. The number of nitrogens with zero attached hydrogens (tertiary/aromatic N) is 1. The Morgan fingerprint density at radius 3 is 3.16 bits per heavy atom. The molecule has 0 aliphatic carbocycles. The van der Waals surface area contributed by atoms with Gasteiger partial charge in [0.15, 0.2) is 0 Å². The molecule has 1 aromatic carbocycles. The number of hydrogen-bond donors (Lipinski definition) is 2. The van der Waals surface area contributed by atoms with E-state index in [1.54, 1.807) is 18.2 Å². The molecule has 1 atom stereocenters. The summed E-state index contributed by atoms with van der Waals surface area (Å²) in [6.07, 6.45) is 0.0168. The van der Waals surface area contributed by atoms with Gasteiger partial charge in [-0.1, -0.05) is 17.7 Å². The van der Waals surface area contributed by atoms with Crippen LogP contribution in [0.4, 0.5) is 5.69 Å². The Hall–Kier alpha value is -1.30. The first-order chi connectivity index (χ1) is 9.08. The van der Waals surface area contributed by atoms with Crippen molar-refractivity contribution in [3.8, 4) is 0 Å². The lowest BCUT2D eigenvalue weighted by molar-refractivity contribution is -0.0174. The molecule has 1 aromatic rings. The Morgan fingerprint density at radius 1 is 1.63 bits per heavy atom. The van der Waals surface area contributed by atoms with Crippen molar-refractivity contribution >= 4 is 23.2 Å². The molecule has 1 aliphatic heterocycles. The van der Waals surface area contributed by atoms with Crippen LogP contribution in [0.25, 0.3) is 0 Å². The van der Waals surface area contributed by atoms with Crippen LogP contribution >= 0.6 is 11.6 Å². The molecule has 19 heavy (non-hydrogen) atoms. The SMILES string of the molecule is CN1CCOC(CNC(=O)c2cccc(Cl)c2N)C1. The van der Waals surface area contributed by atoms with E-state index in [9.17, 15) is 4.79 Å². The zero-order valence-corrected chi connectivity index (χ0v) is 11.6. The lowest BCUT2D eigenvalue weighted by atomic mass is 10.1. The number of ether oxygens (including phenoxy) is 1. The minimum absolute atomic E-state index is 0.0168. The summed E-state index contributed by atoms with van der Waals surface area (Å²) < 4.78 is 5.57. The van der Waals surface area contributed by atoms with E-state index in [0.717, 1.165) is 13.1 Å². The molecule has 104 valence electrons. The van der Waals surface area contributed by atoms with Crippen LogP contribution < -0.4 is 11.1 Å². The number of para-hydroxylation sites is 1. The Morgan fingerprint density at radius 2 is 2.42 bits per heavy atom. The van der Waals surface area contributed by atoms with Gasteiger partial charge < -0.3 is 20.7 Å². The average molecular weight is 284 g/mol. The predicted molar refractivity (Wildman–Crippen MR) is 75.4 cm³/mol. The maximum atomic E-state index is 12.0. The fourth-order valence-corrected chi connectivity index (χ4v) is 2.20. The van der Waals surface area contributed by atoms with Crippen LogP contribution in [0.3, 0.4) is 0 Å². The number of carbonyl (C=O) groups excluding carboxylic acids is 1. The molecule has 0 bridgehead atoms. The zero-order valence-electron chi connectivity index (χ0n) is 10.9. The molecule has 2 rings (SSSR count). The molecule has 1 unspecified atom stereocenters. The number of rotatable bonds is 3. The molecule has 6 heteroatoms. The van der Waals surface area contributed by atoms with E-state index in [1.807, 2.05) is 7.05 Å². The molecule has 0 spiro atoms. The van der Waals surface area contributed by atoms with Crippen molar-refractivity contribution in [3.63, 3.8) is 0 Å². The van der Waals surface area contributed by atoms with Crippen molar-refractivity contribution in [1.29, 1.82) is 0 Å². The molecule has 1 amide bonds. The van der Waals surface area contributed by atoms with Crippen molar-refractivity contribution in [2.75, 3.05) is 39.0 Å². The van der Waals surface area contributed by atoms with Crippen LogP contribution in [0.15, 0.2) is 18.2 Å². The molecular weight excluding hydrogens is 266 g/mol. The Kier molecular flexibility index (Phi) is 4.63. The quantitative estimate of drug-likeness (QED) is 0.812. The van der Waals surface area contributed by atoms with Gasteiger partial charge in [-0.2, -0.15) is 0 Å². The fraction of sp³-hybridized carbons (Fsp3) is 0.462. The molecule has 1 heterocycles. The molecule has 0 radical (unpaired) electrons. The molecular formula is C13H18ClN3O2. The van der Waals surface area contributed by atoms with Gasteiger partial charge >= 0.3 is 0 Å². The van der Waals surface area contributed by atoms with Gasteiger partial charge in [0, 0.05) is 19.6 Å². The van der Waals surface area contributed by atoms with E-state index in [1.165, 1.54) is 0 Å². The molecule has 0 aromatic heterocycles. The van der Waals surface area contributed by atoms with Crippen molar-refractivity contribution in [1.82, 2.24) is 10.2 Å². The topological polar surface area (TPSA) is 67.6 Å². The van der Waals surface area contributed by atoms with Gasteiger partial charge in [-0.3, -0.25) is 4.79 Å². The summed E-state index contributed by atoms with van der Waals surface area (Å²) in [6, 6.07) is 5.02. The highest BCUT2D eigenvalue weighted by molar-refractivity contribution is 6.33. The average Bonchev–Trinajstić information content (AvgIpc) is 2.39. The third-order valence-electron chi connectivity index (χ3n) is 3.13. The third-order valence-corrected chi connectivity index (χ3v) is 3.46. The smallest absolute Gasteiger partial charge is 0.253 e. The molecule has 0 saturated carbocycles. The number of nitrogen functional groups attached to an aromatic ring is 1. The molecule has 3 N–H and O–H groups in total. The Bertz CT molecular complexity index is 467. The summed E-state index contributed by atoms with van der Waals surface area (Å²) in [5.74, 6) is -0.225. The van der Waals surface area contributed by atoms with E-state index in [4.69, 9.17) is 22.1 Å². The number of nitrogens with two attached hydrogens (primary N) is 1. The first kappa shape index (κ1) is 14.1. The number of nitrogens with one attached hydrogen (secondary N) is 1. The minimum Gasteiger partial charge on any atom is -0.397 e. The minimum atomic E-state index is -0.225. The third kappa shape index (κ3) is 3.59. The fourth-order valence-electron chi connectivity index (χ4n) is 2.03. The number of amides is 1. The molecule has 1 saturated heterocycles. The number of anilines is 1. The summed E-state index contributed by atoms with van der Waals surface area (Å²) in [4.78, 5) is 14.2. The van der Waals surface area contributed by atoms with Crippen molar-refractivity contribution in [2.45, 2.75) is 6.10 Å². The zero-order chi connectivity index (χ0) is 13.8. The number of likely N-dealkylation sites (N-methyl/N-ethyl adjacent to an activating group) is 1.